The van der Waals surface area contributed by atoms with Crippen LogP contribution >= 0.6 is 15.9 Å². The molecule has 1 aliphatic rings. The van der Waals surface area contributed by atoms with Gasteiger partial charge in [0.15, 0.2) is 0 Å². The lowest BCUT2D eigenvalue weighted by atomic mass is 9.93. The van der Waals surface area contributed by atoms with E-state index in [1.54, 1.807) is 0 Å². The second-order valence-electron chi connectivity index (χ2n) is 3.80. The highest BCUT2D eigenvalue weighted by molar-refractivity contribution is 9.10. The summed E-state index contributed by atoms with van der Waals surface area (Å²) in [6.07, 6.45) is 1.11. The second kappa shape index (κ2) is 4.99. The average molecular weight is 270 g/mol. The van der Waals surface area contributed by atoms with E-state index >= 15 is 0 Å². The first-order chi connectivity index (χ1) is 7.33. The molecule has 3 heteroatoms. The quantitative estimate of drug-likeness (QED) is 0.911. The number of nitrogens with one attached hydrogen (secondary N) is 1. The first kappa shape index (κ1) is 11.0. The van der Waals surface area contributed by atoms with E-state index in [1.165, 1.54) is 5.56 Å². The number of ether oxygens (including phenoxy) is 1. The first-order valence-electron chi connectivity index (χ1n) is 5.45. The van der Waals surface area contributed by atoms with Gasteiger partial charge in [-0.2, -0.15) is 0 Å². The lowest BCUT2D eigenvalue weighted by Gasteiger charge is -2.26. The van der Waals surface area contributed by atoms with Crippen LogP contribution in [0.3, 0.4) is 0 Å². The maximum atomic E-state index is 5.69. The summed E-state index contributed by atoms with van der Waals surface area (Å²) in [5.74, 6) is 1.62. The van der Waals surface area contributed by atoms with E-state index < -0.39 is 0 Å². The molecule has 2 nitrogen and oxygen atoms in total. The zero-order chi connectivity index (χ0) is 10.7. The number of likely N-dealkylation sites (N-methyl/N-ethyl adjacent to an activating group) is 1. The maximum absolute atomic E-state index is 5.69. The van der Waals surface area contributed by atoms with Crippen LogP contribution in [0.2, 0.25) is 0 Å². The van der Waals surface area contributed by atoms with Gasteiger partial charge in [0.2, 0.25) is 0 Å². The highest BCUT2D eigenvalue weighted by atomic mass is 79.9. The molecule has 1 aliphatic heterocycles. The molecule has 1 heterocycles. The summed E-state index contributed by atoms with van der Waals surface area (Å²) in [6, 6.07) is 6.28. The van der Waals surface area contributed by atoms with Gasteiger partial charge in [-0.15, -0.1) is 0 Å². The number of hydrogen-bond acceptors (Lipinski definition) is 2. The Kier molecular flexibility index (Phi) is 3.65. The van der Waals surface area contributed by atoms with E-state index in [4.69, 9.17) is 4.74 Å². The number of halogens is 1. The number of hydrogen-bond donors (Lipinski definition) is 1. The third-order valence-corrected chi connectivity index (χ3v) is 3.42. The summed E-state index contributed by atoms with van der Waals surface area (Å²) in [6.45, 7) is 5.04. The highest BCUT2D eigenvalue weighted by Gasteiger charge is 2.22. The normalized spacial score (nSPS) is 19.5. The van der Waals surface area contributed by atoms with Gasteiger partial charge in [0.25, 0.3) is 0 Å². The molecule has 0 amide bonds. The van der Waals surface area contributed by atoms with E-state index in [2.05, 4.69) is 40.3 Å². The molecule has 82 valence electrons. The number of para-hydroxylation sites is 1. The SMILES string of the molecule is CCNCC1CCOc2c(Br)cccc21. The highest BCUT2D eigenvalue weighted by Crippen LogP contribution is 2.38. The molecule has 0 radical (unpaired) electrons. The molecule has 15 heavy (non-hydrogen) atoms. The van der Waals surface area contributed by atoms with Crippen molar-refractivity contribution in [2.75, 3.05) is 19.7 Å². The Labute approximate surface area is 99.1 Å². The Balaban J connectivity index is 2.22. The van der Waals surface area contributed by atoms with Crippen molar-refractivity contribution in [2.45, 2.75) is 19.3 Å². The van der Waals surface area contributed by atoms with Gasteiger partial charge in [-0.3, -0.25) is 0 Å². The molecule has 1 unspecified atom stereocenters. The Morgan fingerprint density at radius 1 is 1.53 bits per heavy atom. The molecule has 2 rings (SSSR count). The fraction of sp³-hybridized carbons (Fsp3) is 0.500. The van der Waals surface area contributed by atoms with E-state index in [-0.39, 0.29) is 0 Å². The molecule has 0 aromatic heterocycles. The number of rotatable bonds is 3. The molecule has 0 fully saturated rings. The minimum Gasteiger partial charge on any atom is -0.492 e. The summed E-state index contributed by atoms with van der Waals surface area (Å²) in [5, 5.41) is 3.41. The third kappa shape index (κ3) is 2.34. The van der Waals surface area contributed by atoms with Crippen molar-refractivity contribution in [2.24, 2.45) is 0 Å². The summed E-state index contributed by atoms with van der Waals surface area (Å²) in [7, 11) is 0. The molecular weight excluding hydrogens is 254 g/mol. The van der Waals surface area contributed by atoms with Gasteiger partial charge in [0.1, 0.15) is 5.75 Å². The van der Waals surface area contributed by atoms with Crippen LogP contribution in [-0.2, 0) is 0 Å². The van der Waals surface area contributed by atoms with Crippen LogP contribution in [0.5, 0.6) is 5.75 Å². The van der Waals surface area contributed by atoms with E-state index in [0.717, 1.165) is 36.3 Å². The lowest BCUT2D eigenvalue weighted by molar-refractivity contribution is 0.263. The van der Waals surface area contributed by atoms with Gasteiger partial charge in [-0.25, -0.2) is 0 Å². The topological polar surface area (TPSA) is 21.3 Å². The van der Waals surface area contributed by atoms with Crippen LogP contribution in [0.1, 0.15) is 24.8 Å². The van der Waals surface area contributed by atoms with Crippen molar-refractivity contribution >= 4 is 15.9 Å². The molecular formula is C12H16BrNO. The maximum Gasteiger partial charge on any atom is 0.136 e. The number of fused-ring (bicyclic) bond motifs is 1. The lowest BCUT2D eigenvalue weighted by Crippen LogP contribution is -2.25. The molecule has 1 aromatic rings. The molecule has 0 bridgehead atoms. The fourth-order valence-corrected chi connectivity index (χ4v) is 2.48. The van der Waals surface area contributed by atoms with Gasteiger partial charge < -0.3 is 10.1 Å². The van der Waals surface area contributed by atoms with Gasteiger partial charge in [0, 0.05) is 12.5 Å². The van der Waals surface area contributed by atoms with Gasteiger partial charge >= 0.3 is 0 Å². The predicted molar refractivity (Wildman–Crippen MR) is 65.5 cm³/mol. The van der Waals surface area contributed by atoms with Gasteiger partial charge in [-0.05, 0) is 40.5 Å². The predicted octanol–water partition coefficient (Wildman–Crippen LogP) is 2.92. The molecule has 0 saturated heterocycles. The van der Waals surface area contributed by atoms with Crippen molar-refractivity contribution < 1.29 is 4.74 Å². The molecule has 1 atom stereocenters. The van der Waals surface area contributed by atoms with Crippen molar-refractivity contribution in [1.29, 1.82) is 0 Å². The molecule has 0 saturated carbocycles. The summed E-state index contributed by atoms with van der Waals surface area (Å²) in [5.41, 5.74) is 1.33. The van der Waals surface area contributed by atoms with Crippen LogP contribution in [-0.4, -0.2) is 19.7 Å². The van der Waals surface area contributed by atoms with E-state index in [9.17, 15) is 0 Å². The van der Waals surface area contributed by atoms with Gasteiger partial charge in [-0.1, -0.05) is 19.1 Å². The Bertz CT molecular complexity index is 340. The summed E-state index contributed by atoms with van der Waals surface area (Å²) < 4.78 is 6.76. The van der Waals surface area contributed by atoms with Crippen LogP contribution in [0, 0.1) is 0 Å². The third-order valence-electron chi connectivity index (χ3n) is 2.79. The summed E-state index contributed by atoms with van der Waals surface area (Å²) in [4.78, 5) is 0. The van der Waals surface area contributed by atoms with Crippen LogP contribution in [0.4, 0.5) is 0 Å². The Morgan fingerprint density at radius 3 is 3.20 bits per heavy atom. The Hall–Kier alpha value is -0.540. The minimum absolute atomic E-state index is 0.589. The zero-order valence-electron chi connectivity index (χ0n) is 8.92. The van der Waals surface area contributed by atoms with E-state index in [1.807, 2.05) is 6.07 Å². The van der Waals surface area contributed by atoms with Crippen LogP contribution in [0.25, 0.3) is 0 Å². The van der Waals surface area contributed by atoms with Gasteiger partial charge in [0.05, 0.1) is 11.1 Å². The van der Waals surface area contributed by atoms with Crippen molar-refractivity contribution in [3.05, 3.63) is 28.2 Å². The average Bonchev–Trinajstić information content (AvgIpc) is 2.27. The van der Waals surface area contributed by atoms with Crippen molar-refractivity contribution in [3.8, 4) is 5.75 Å². The first-order valence-corrected chi connectivity index (χ1v) is 6.24. The fourth-order valence-electron chi connectivity index (χ4n) is 1.99. The molecule has 1 aromatic carbocycles. The second-order valence-corrected chi connectivity index (χ2v) is 4.65. The number of benzene rings is 1. The monoisotopic (exact) mass is 269 g/mol. The van der Waals surface area contributed by atoms with E-state index in [0.29, 0.717) is 5.92 Å². The Morgan fingerprint density at radius 2 is 2.40 bits per heavy atom. The van der Waals surface area contributed by atoms with Crippen LogP contribution in [0.15, 0.2) is 22.7 Å². The smallest absolute Gasteiger partial charge is 0.136 e. The zero-order valence-corrected chi connectivity index (χ0v) is 10.5. The standard InChI is InChI=1S/C12H16BrNO/c1-2-14-8-9-6-7-15-12-10(9)4-3-5-11(12)13/h3-5,9,14H,2,6-8H2,1H3. The largest absolute Gasteiger partial charge is 0.492 e. The summed E-state index contributed by atoms with van der Waals surface area (Å²) >= 11 is 3.53. The molecule has 0 spiro atoms. The van der Waals surface area contributed by atoms with Crippen molar-refractivity contribution in [1.82, 2.24) is 5.32 Å². The van der Waals surface area contributed by atoms with Crippen molar-refractivity contribution in [3.63, 3.8) is 0 Å². The minimum atomic E-state index is 0.589. The molecule has 0 aliphatic carbocycles. The molecule has 1 N–H and O–H groups in total. The van der Waals surface area contributed by atoms with Crippen LogP contribution < -0.4 is 10.1 Å².